The van der Waals surface area contributed by atoms with Gasteiger partial charge in [0.15, 0.2) is 0 Å². The van der Waals surface area contributed by atoms with Crippen LogP contribution in [-0.4, -0.2) is 47.0 Å². The maximum Gasteiger partial charge on any atom is 0.225 e. The Morgan fingerprint density at radius 3 is 2.50 bits per heavy atom. The minimum atomic E-state index is 0.135. The summed E-state index contributed by atoms with van der Waals surface area (Å²) in [5.74, 6) is 1.66. The summed E-state index contributed by atoms with van der Waals surface area (Å²) in [6.45, 7) is 6.78. The fourth-order valence-corrected chi connectivity index (χ4v) is 2.86. The second kappa shape index (κ2) is 7.29. The van der Waals surface area contributed by atoms with Gasteiger partial charge in [0.25, 0.3) is 0 Å². The highest BCUT2D eigenvalue weighted by molar-refractivity contribution is 5.73. The molecule has 0 saturated carbocycles. The van der Waals surface area contributed by atoms with E-state index in [1.54, 1.807) is 13.1 Å². The van der Waals surface area contributed by atoms with E-state index in [0.29, 0.717) is 5.95 Å². The van der Waals surface area contributed by atoms with Crippen LogP contribution in [0.4, 0.5) is 11.8 Å². The van der Waals surface area contributed by atoms with Crippen LogP contribution in [0.3, 0.4) is 0 Å². The van der Waals surface area contributed by atoms with E-state index in [1.165, 1.54) is 5.56 Å². The van der Waals surface area contributed by atoms with E-state index in [2.05, 4.69) is 39.2 Å². The van der Waals surface area contributed by atoms with Gasteiger partial charge in [-0.05, 0) is 18.6 Å². The van der Waals surface area contributed by atoms with Crippen LogP contribution in [0.25, 0.3) is 0 Å². The van der Waals surface area contributed by atoms with Crippen molar-refractivity contribution in [3.05, 3.63) is 48.2 Å². The van der Waals surface area contributed by atoms with E-state index in [4.69, 9.17) is 0 Å². The van der Waals surface area contributed by atoms with E-state index in [1.807, 2.05) is 29.2 Å². The predicted octanol–water partition coefficient (Wildman–Crippen LogP) is 2.32. The molecule has 0 radical (unpaired) electrons. The molecule has 0 spiro atoms. The highest BCUT2D eigenvalue weighted by Crippen LogP contribution is 2.19. The van der Waals surface area contributed by atoms with Gasteiger partial charge < -0.3 is 15.1 Å². The van der Waals surface area contributed by atoms with Gasteiger partial charge >= 0.3 is 0 Å². The van der Waals surface area contributed by atoms with E-state index in [0.717, 1.165) is 32.0 Å². The Hall–Kier alpha value is -2.63. The van der Waals surface area contributed by atoms with Gasteiger partial charge in [-0.15, -0.1) is 0 Å². The zero-order valence-corrected chi connectivity index (χ0v) is 14.1. The molecule has 3 rings (SSSR count). The first kappa shape index (κ1) is 16.2. The van der Waals surface area contributed by atoms with Crippen LogP contribution in [0.1, 0.15) is 25.5 Å². The summed E-state index contributed by atoms with van der Waals surface area (Å²) in [7, 11) is 0. The largest absolute Gasteiger partial charge is 0.353 e. The maximum atomic E-state index is 11.4. The van der Waals surface area contributed by atoms with Crippen molar-refractivity contribution >= 4 is 17.7 Å². The summed E-state index contributed by atoms with van der Waals surface area (Å²) in [5.41, 5.74) is 1.20. The lowest BCUT2D eigenvalue weighted by atomic mass is 10.1. The van der Waals surface area contributed by atoms with Crippen LogP contribution < -0.4 is 10.2 Å². The van der Waals surface area contributed by atoms with Gasteiger partial charge in [-0.25, -0.2) is 4.98 Å². The molecular formula is C18H23N5O. The monoisotopic (exact) mass is 325 g/mol. The first-order valence-electron chi connectivity index (χ1n) is 8.28. The molecule has 1 saturated heterocycles. The standard InChI is InChI=1S/C18H23N5O/c1-14(16-6-4-3-5-7-16)20-18-19-9-8-17(21-18)23-12-10-22(11-13-23)15(2)24/h3-9,14H,10-13H2,1-2H3,(H,19,20,21). The Kier molecular flexibility index (Phi) is 4.93. The van der Waals surface area contributed by atoms with E-state index >= 15 is 0 Å². The smallest absolute Gasteiger partial charge is 0.225 e. The summed E-state index contributed by atoms with van der Waals surface area (Å²) in [6, 6.07) is 12.3. The summed E-state index contributed by atoms with van der Waals surface area (Å²) in [6.07, 6.45) is 1.78. The van der Waals surface area contributed by atoms with Crippen molar-refractivity contribution < 1.29 is 4.79 Å². The summed E-state index contributed by atoms with van der Waals surface area (Å²) >= 11 is 0. The second-order valence-corrected chi connectivity index (χ2v) is 6.01. The van der Waals surface area contributed by atoms with E-state index in [-0.39, 0.29) is 11.9 Å². The molecule has 1 N–H and O–H groups in total. The maximum absolute atomic E-state index is 11.4. The summed E-state index contributed by atoms with van der Waals surface area (Å²) in [5, 5.41) is 3.35. The number of carbonyl (C=O) groups excluding carboxylic acids is 1. The summed E-state index contributed by atoms with van der Waals surface area (Å²) < 4.78 is 0. The minimum absolute atomic E-state index is 0.135. The number of nitrogens with one attached hydrogen (secondary N) is 1. The lowest BCUT2D eigenvalue weighted by Crippen LogP contribution is -2.48. The molecule has 1 aliphatic heterocycles. The number of rotatable bonds is 4. The fraction of sp³-hybridized carbons (Fsp3) is 0.389. The van der Waals surface area contributed by atoms with Crippen molar-refractivity contribution in [1.82, 2.24) is 14.9 Å². The molecule has 1 unspecified atom stereocenters. The van der Waals surface area contributed by atoms with Gasteiger partial charge in [-0.2, -0.15) is 4.98 Å². The Morgan fingerprint density at radius 1 is 1.12 bits per heavy atom. The lowest BCUT2D eigenvalue weighted by Gasteiger charge is -2.34. The van der Waals surface area contributed by atoms with Gasteiger partial charge in [0, 0.05) is 39.3 Å². The van der Waals surface area contributed by atoms with Crippen LogP contribution in [0.5, 0.6) is 0 Å². The molecule has 2 heterocycles. The first-order valence-corrected chi connectivity index (χ1v) is 8.28. The Morgan fingerprint density at radius 2 is 1.83 bits per heavy atom. The number of aromatic nitrogens is 2. The zero-order valence-electron chi connectivity index (χ0n) is 14.1. The van der Waals surface area contributed by atoms with E-state index < -0.39 is 0 Å². The molecule has 1 aromatic heterocycles. The molecule has 1 aromatic carbocycles. The zero-order chi connectivity index (χ0) is 16.9. The van der Waals surface area contributed by atoms with Crippen molar-refractivity contribution in [3.8, 4) is 0 Å². The number of benzene rings is 1. The average Bonchev–Trinajstić information content (AvgIpc) is 2.63. The van der Waals surface area contributed by atoms with Crippen LogP contribution in [0, 0.1) is 0 Å². The molecule has 1 fully saturated rings. The highest BCUT2D eigenvalue weighted by Gasteiger charge is 2.20. The molecule has 1 amide bonds. The number of amides is 1. The molecule has 1 atom stereocenters. The third-order valence-electron chi connectivity index (χ3n) is 4.34. The van der Waals surface area contributed by atoms with Gasteiger partial charge in [-0.1, -0.05) is 30.3 Å². The van der Waals surface area contributed by atoms with Gasteiger partial charge in [0.05, 0.1) is 6.04 Å². The van der Waals surface area contributed by atoms with Crippen LogP contribution in [0.2, 0.25) is 0 Å². The van der Waals surface area contributed by atoms with Crippen molar-refractivity contribution in [2.75, 3.05) is 36.4 Å². The van der Waals surface area contributed by atoms with Gasteiger partial charge in [-0.3, -0.25) is 4.79 Å². The van der Waals surface area contributed by atoms with Crippen LogP contribution in [-0.2, 0) is 4.79 Å². The average molecular weight is 325 g/mol. The number of hydrogen-bond acceptors (Lipinski definition) is 5. The molecule has 0 bridgehead atoms. The summed E-state index contributed by atoms with van der Waals surface area (Å²) in [4.78, 5) is 24.4. The number of carbonyl (C=O) groups is 1. The molecular weight excluding hydrogens is 302 g/mol. The molecule has 0 aliphatic carbocycles. The molecule has 6 heteroatoms. The third kappa shape index (κ3) is 3.82. The number of piperazine rings is 1. The van der Waals surface area contributed by atoms with Crippen LogP contribution in [0.15, 0.2) is 42.6 Å². The molecule has 6 nitrogen and oxygen atoms in total. The van der Waals surface area contributed by atoms with Crippen molar-refractivity contribution in [2.24, 2.45) is 0 Å². The molecule has 2 aromatic rings. The minimum Gasteiger partial charge on any atom is -0.353 e. The normalized spacial score (nSPS) is 15.9. The van der Waals surface area contributed by atoms with Crippen molar-refractivity contribution in [3.63, 3.8) is 0 Å². The fourth-order valence-electron chi connectivity index (χ4n) is 2.86. The van der Waals surface area contributed by atoms with Crippen molar-refractivity contribution in [1.29, 1.82) is 0 Å². The molecule has 126 valence electrons. The lowest BCUT2D eigenvalue weighted by molar-refractivity contribution is -0.129. The first-order chi connectivity index (χ1) is 11.6. The Labute approximate surface area is 142 Å². The van der Waals surface area contributed by atoms with Crippen molar-refractivity contribution in [2.45, 2.75) is 19.9 Å². The molecule has 1 aliphatic rings. The van der Waals surface area contributed by atoms with E-state index in [9.17, 15) is 4.79 Å². The highest BCUT2D eigenvalue weighted by atomic mass is 16.2. The number of anilines is 2. The quantitative estimate of drug-likeness (QED) is 0.935. The third-order valence-corrected chi connectivity index (χ3v) is 4.34. The van der Waals surface area contributed by atoms with Gasteiger partial charge in [0.2, 0.25) is 11.9 Å². The van der Waals surface area contributed by atoms with Gasteiger partial charge in [0.1, 0.15) is 5.82 Å². The second-order valence-electron chi connectivity index (χ2n) is 6.01. The SMILES string of the molecule is CC(=O)N1CCN(c2ccnc(NC(C)c3ccccc3)n2)CC1. The van der Waals surface area contributed by atoms with Crippen LogP contribution >= 0.6 is 0 Å². The predicted molar refractivity (Wildman–Crippen MR) is 95.0 cm³/mol. The topological polar surface area (TPSA) is 61.4 Å². The number of hydrogen-bond donors (Lipinski definition) is 1. The Bertz CT molecular complexity index is 683. The Balaban J connectivity index is 1.65. The number of nitrogens with zero attached hydrogens (tertiary/aromatic N) is 4. The molecule has 24 heavy (non-hydrogen) atoms.